The third-order valence-corrected chi connectivity index (χ3v) is 11.8. The molecule has 0 aliphatic heterocycles. The van der Waals surface area contributed by atoms with E-state index in [4.69, 9.17) is 0 Å². The summed E-state index contributed by atoms with van der Waals surface area (Å²) >= 11 is 0. The van der Waals surface area contributed by atoms with Crippen LogP contribution in [0.15, 0.2) is 91.0 Å². The van der Waals surface area contributed by atoms with E-state index in [0.717, 1.165) is 6.42 Å². The first-order valence-electron chi connectivity index (χ1n) is 11.6. The summed E-state index contributed by atoms with van der Waals surface area (Å²) in [4.78, 5) is 0. The first-order chi connectivity index (χ1) is 15.0. The number of fused-ring (bicyclic) bond motifs is 2. The molecule has 3 unspecified atom stereocenters. The molecule has 3 aromatic rings. The molecule has 0 bridgehead atoms. The van der Waals surface area contributed by atoms with Crippen molar-refractivity contribution in [2.75, 3.05) is 0 Å². The molecule has 0 amide bonds. The monoisotopic (exact) mass is 428 g/mol. The normalized spacial score (nSPS) is 20.0. The predicted molar refractivity (Wildman–Crippen MR) is 144 cm³/mol. The van der Waals surface area contributed by atoms with Crippen LogP contribution in [0.5, 0.6) is 0 Å². The molecule has 0 radical (unpaired) electrons. The van der Waals surface area contributed by atoms with E-state index in [2.05, 4.69) is 118 Å². The van der Waals surface area contributed by atoms with Gasteiger partial charge in [0, 0.05) is 0 Å². The summed E-state index contributed by atoms with van der Waals surface area (Å²) in [7, 11) is -1.71. The number of allylic oxidation sites excluding steroid dienone is 4. The van der Waals surface area contributed by atoms with E-state index in [1.165, 1.54) is 22.3 Å². The van der Waals surface area contributed by atoms with Crippen LogP contribution < -0.4 is 0 Å². The van der Waals surface area contributed by atoms with Crippen molar-refractivity contribution in [3.8, 4) is 0 Å². The zero-order chi connectivity index (χ0) is 21.6. The molecule has 0 fully saturated rings. The second-order valence-corrected chi connectivity index (χ2v) is 14.9. The molecule has 2 aliphatic carbocycles. The van der Waals surface area contributed by atoms with Gasteiger partial charge in [-0.05, 0) is 69.3 Å². The van der Waals surface area contributed by atoms with Crippen LogP contribution in [0, 0.1) is 0 Å². The van der Waals surface area contributed by atoms with E-state index in [1.807, 2.05) is 0 Å². The van der Waals surface area contributed by atoms with Gasteiger partial charge < -0.3 is 0 Å². The molecule has 0 N–H and O–H groups in total. The Hall–Kier alpha value is -2.05. The number of benzene rings is 3. The van der Waals surface area contributed by atoms with E-state index in [0.29, 0.717) is 17.0 Å². The SMILES string of the molecule is CC1=CC([Si](C)(C)C2C=C(CC(C)c3ccccc3)c3ccccc32)c2ccccc21.[LiH]. The summed E-state index contributed by atoms with van der Waals surface area (Å²) in [5, 5.41) is 0. The molecular formula is C30H33LiSi. The second kappa shape index (κ2) is 9.07. The van der Waals surface area contributed by atoms with Crippen LogP contribution in [0.3, 0.4) is 0 Å². The van der Waals surface area contributed by atoms with Gasteiger partial charge in [0.15, 0.2) is 0 Å². The van der Waals surface area contributed by atoms with Crippen molar-refractivity contribution in [1.82, 2.24) is 0 Å². The Kier molecular flexibility index (Phi) is 6.55. The summed E-state index contributed by atoms with van der Waals surface area (Å²) in [6.45, 7) is 9.86. The Morgan fingerprint density at radius 3 is 1.94 bits per heavy atom. The van der Waals surface area contributed by atoms with Gasteiger partial charge in [0.05, 0.1) is 8.07 Å². The fourth-order valence-corrected chi connectivity index (χ4v) is 9.63. The third-order valence-electron chi connectivity index (χ3n) is 7.64. The van der Waals surface area contributed by atoms with E-state index in [-0.39, 0.29) is 18.9 Å². The van der Waals surface area contributed by atoms with Crippen LogP contribution in [0.1, 0.15) is 65.1 Å². The molecule has 3 atom stereocenters. The molecule has 5 rings (SSSR count). The molecule has 3 aromatic carbocycles. The summed E-state index contributed by atoms with van der Waals surface area (Å²) in [5.41, 5.74) is 11.6. The van der Waals surface area contributed by atoms with Crippen molar-refractivity contribution in [3.05, 3.63) is 119 Å². The van der Waals surface area contributed by atoms with Gasteiger partial charge in [0.25, 0.3) is 0 Å². The van der Waals surface area contributed by atoms with Gasteiger partial charge in [-0.2, -0.15) is 0 Å². The minimum absolute atomic E-state index is 0. The number of hydrogen-bond donors (Lipinski definition) is 0. The molecule has 32 heavy (non-hydrogen) atoms. The molecule has 158 valence electrons. The molecular weight excluding hydrogens is 395 g/mol. The van der Waals surface area contributed by atoms with E-state index < -0.39 is 8.07 Å². The molecule has 0 nitrogen and oxygen atoms in total. The first kappa shape index (κ1) is 23.1. The molecule has 0 spiro atoms. The van der Waals surface area contributed by atoms with Crippen LogP contribution in [-0.4, -0.2) is 26.9 Å². The van der Waals surface area contributed by atoms with Crippen LogP contribution >= 0.6 is 0 Å². The molecule has 0 heterocycles. The maximum atomic E-state index is 2.65. The number of rotatable bonds is 5. The van der Waals surface area contributed by atoms with Gasteiger partial charge in [0.2, 0.25) is 0 Å². The Morgan fingerprint density at radius 1 is 0.719 bits per heavy atom. The average Bonchev–Trinajstić information content (AvgIpc) is 3.34. The van der Waals surface area contributed by atoms with Gasteiger partial charge >= 0.3 is 18.9 Å². The van der Waals surface area contributed by atoms with E-state index in [9.17, 15) is 0 Å². The summed E-state index contributed by atoms with van der Waals surface area (Å²) in [6, 6.07) is 29.2. The van der Waals surface area contributed by atoms with Crippen molar-refractivity contribution in [2.45, 2.75) is 50.4 Å². The fourth-order valence-electron chi connectivity index (χ4n) is 5.83. The van der Waals surface area contributed by atoms with Crippen molar-refractivity contribution in [3.63, 3.8) is 0 Å². The van der Waals surface area contributed by atoms with Gasteiger partial charge in [-0.25, -0.2) is 0 Å². The Morgan fingerprint density at radius 2 is 1.25 bits per heavy atom. The van der Waals surface area contributed by atoms with E-state index in [1.54, 1.807) is 16.7 Å². The van der Waals surface area contributed by atoms with Gasteiger partial charge in [-0.3, -0.25) is 0 Å². The molecule has 0 saturated heterocycles. The fraction of sp³-hybridized carbons (Fsp3) is 0.267. The van der Waals surface area contributed by atoms with Crippen molar-refractivity contribution in [1.29, 1.82) is 0 Å². The Labute approximate surface area is 206 Å². The van der Waals surface area contributed by atoms with Gasteiger partial charge in [-0.15, -0.1) is 0 Å². The minimum atomic E-state index is -1.71. The van der Waals surface area contributed by atoms with Gasteiger partial charge in [-0.1, -0.05) is 111 Å². The first-order valence-corrected chi connectivity index (χ1v) is 14.7. The Bertz CT molecular complexity index is 1170. The zero-order valence-corrected chi connectivity index (χ0v) is 20.1. The number of hydrogen-bond acceptors (Lipinski definition) is 0. The topological polar surface area (TPSA) is 0 Å². The summed E-state index contributed by atoms with van der Waals surface area (Å²) in [5.74, 6) is 0.526. The molecule has 2 aliphatic rings. The Balaban J connectivity index is 0.00000245. The maximum absolute atomic E-state index is 2.65. The third kappa shape index (κ3) is 3.92. The zero-order valence-electron chi connectivity index (χ0n) is 19.1. The van der Waals surface area contributed by atoms with Crippen molar-refractivity contribution < 1.29 is 0 Å². The predicted octanol–water partition coefficient (Wildman–Crippen LogP) is 7.70. The van der Waals surface area contributed by atoms with Crippen molar-refractivity contribution >= 4 is 38.1 Å². The van der Waals surface area contributed by atoms with E-state index >= 15 is 0 Å². The quantitative estimate of drug-likeness (QED) is 0.365. The molecule has 2 heteroatoms. The standard InChI is InChI=1S/C30H32Si.Li.H/c1-21(23-12-6-5-7-13-23)18-24-20-30(28-17-11-9-15-26(24)28)31(3,4)29-19-22(2)25-14-8-10-16-27(25)29;;/h5-17,19-21,29-30H,18H2,1-4H3;;. The van der Waals surface area contributed by atoms with Gasteiger partial charge in [0.1, 0.15) is 0 Å². The van der Waals surface area contributed by atoms with Crippen molar-refractivity contribution in [2.24, 2.45) is 0 Å². The second-order valence-electron chi connectivity index (χ2n) is 10.0. The summed E-state index contributed by atoms with van der Waals surface area (Å²) < 4.78 is 0. The average molecular weight is 429 g/mol. The van der Waals surface area contributed by atoms with Crippen LogP contribution in [0.4, 0.5) is 0 Å². The molecule has 0 aromatic heterocycles. The molecule has 0 saturated carbocycles. The van der Waals surface area contributed by atoms with Crippen LogP contribution in [0.25, 0.3) is 11.1 Å². The summed E-state index contributed by atoms with van der Waals surface area (Å²) in [6.07, 6.45) is 6.33. The van der Waals surface area contributed by atoms with Crippen LogP contribution in [-0.2, 0) is 0 Å². The van der Waals surface area contributed by atoms with Crippen LogP contribution in [0.2, 0.25) is 13.1 Å².